The number of aromatic nitrogens is 2. The number of fused-ring (bicyclic) bond motifs is 1. The highest BCUT2D eigenvalue weighted by atomic mass is 16.6. The molecule has 18 heavy (non-hydrogen) atoms. The van der Waals surface area contributed by atoms with E-state index in [9.17, 15) is 20.0 Å². The summed E-state index contributed by atoms with van der Waals surface area (Å²) in [6.45, 7) is -0.355. The van der Waals surface area contributed by atoms with Gasteiger partial charge in [-0.15, -0.1) is 0 Å². The first-order chi connectivity index (χ1) is 8.54. The number of aliphatic hydroxyl groups is 1. The van der Waals surface area contributed by atoms with E-state index in [4.69, 9.17) is 5.11 Å². The third-order valence-electron chi connectivity index (χ3n) is 2.43. The van der Waals surface area contributed by atoms with Crippen LogP contribution >= 0.6 is 0 Å². The monoisotopic (exact) mass is 251 g/mol. The summed E-state index contributed by atoms with van der Waals surface area (Å²) in [5.74, 6) is -0.543. The van der Waals surface area contributed by atoms with Crippen molar-refractivity contribution < 1.29 is 15.1 Å². The van der Waals surface area contributed by atoms with Crippen molar-refractivity contribution in [2.75, 3.05) is 6.61 Å². The van der Waals surface area contributed by atoms with Crippen LogP contribution < -0.4 is 5.56 Å². The van der Waals surface area contributed by atoms with Gasteiger partial charge in [-0.1, -0.05) is 0 Å². The van der Waals surface area contributed by atoms with Gasteiger partial charge >= 0.3 is 0 Å². The number of rotatable bonds is 3. The maximum atomic E-state index is 11.6. The van der Waals surface area contributed by atoms with Crippen LogP contribution in [0.25, 0.3) is 11.0 Å². The Morgan fingerprint density at radius 3 is 2.78 bits per heavy atom. The summed E-state index contributed by atoms with van der Waals surface area (Å²) in [4.78, 5) is 25.4. The largest absolute Gasteiger partial charge is 0.503 e. The molecule has 0 fully saturated rings. The molecule has 2 heterocycles. The van der Waals surface area contributed by atoms with Gasteiger partial charge in [0.2, 0.25) is 0 Å². The molecule has 0 spiro atoms. The first-order valence-electron chi connectivity index (χ1n) is 5.02. The van der Waals surface area contributed by atoms with Crippen molar-refractivity contribution in [3.05, 3.63) is 38.8 Å². The Hall–Kier alpha value is -2.48. The lowest BCUT2D eigenvalue weighted by Crippen LogP contribution is -2.22. The molecule has 0 aliphatic carbocycles. The van der Waals surface area contributed by atoms with Gasteiger partial charge in [-0.2, -0.15) is 0 Å². The van der Waals surface area contributed by atoms with Crippen LogP contribution in [0.15, 0.2) is 23.1 Å². The molecule has 0 atom stereocenters. The number of aliphatic hydroxyl groups excluding tert-OH is 1. The first-order valence-corrected chi connectivity index (χ1v) is 5.02. The molecule has 0 aliphatic heterocycles. The first kappa shape index (κ1) is 12.0. The van der Waals surface area contributed by atoms with E-state index in [0.717, 1.165) is 16.8 Å². The van der Waals surface area contributed by atoms with Crippen molar-refractivity contribution in [3.8, 4) is 5.75 Å². The van der Waals surface area contributed by atoms with Gasteiger partial charge in [-0.3, -0.25) is 19.5 Å². The molecule has 2 rings (SSSR count). The molecule has 0 aliphatic rings. The quantitative estimate of drug-likeness (QED) is 0.585. The van der Waals surface area contributed by atoms with Gasteiger partial charge in [-0.25, -0.2) is 4.98 Å². The number of pyridine rings is 2. The summed E-state index contributed by atoms with van der Waals surface area (Å²) in [7, 11) is 0. The van der Waals surface area contributed by atoms with Crippen molar-refractivity contribution in [1.29, 1.82) is 0 Å². The number of aromatic hydroxyl groups is 1. The lowest BCUT2D eigenvalue weighted by Gasteiger charge is -2.08. The van der Waals surface area contributed by atoms with Crippen LogP contribution in [0.5, 0.6) is 5.75 Å². The average molecular weight is 251 g/mol. The average Bonchev–Trinajstić information content (AvgIpc) is 2.34. The molecular formula is C10H9N3O5. The number of hydrogen-bond acceptors (Lipinski definition) is 6. The Kier molecular flexibility index (Phi) is 2.94. The van der Waals surface area contributed by atoms with Gasteiger partial charge in [0.15, 0.2) is 5.75 Å². The summed E-state index contributed by atoms with van der Waals surface area (Å²) in [5.41, 5.74) is -0.758. The number of nitrogens with zero attached hydrogens (tertiary/aromatic N) is 3. The van der Waals surface area contributed by atoms with Gasteiger partial charge in [0.1, 0.15) is 11.8 Å². The molecule has 94 valence electrons. The van der Waals surface area contributed by atoms with Crippen LogP contribution in [0.2, 0.25) is 0 Å². The normalized spacial score (nSPS) is 10.7. The van der Waals surface area contributed by atoms with Crippen LogP contribution in [0.4, 0.5) is 5.69 Å². The Balaban J connectivity index is 2.78. The van der Waals surface area contributed by atoms with E-state index in [1.807, 2.05) is 0 Å². The molecule has 2 N–H and O–H groups in total. The van der Waals surface area contributed by atoms with Gasteiger partial charge in [0.25, 0.3) is 11.2 Å². The fourth-order valence-electron chi connectivity index (χ4n) is 1.65. The lowest BCUT2D eigenvalue weighted by molar-refractivity contribution is -0.385. The van der Waals surface area contributed by atoms with Crippen LogP contribution in [-0.2, 0) is 6.54 Å². The SMILES string of the molecule is O=c1c(O)cc2cc([N+](=O)[O-])cnc2n1CCO. The van der Waals surface area contributed by atoms with Crippen molar-refractivity contribution in [1.82, 2.24) is 9.55 Å². The molecule has 8 nitrogen and oxygen atoms in total. The summed E-state index contributed by atoms with van der Waals surface area (Å²) in [5, 5.41) is 29.2. The highest BCUT2D eigenvalue weighted by Gasteiger charge is 2.13. The lowest BCUT2D eigenvalue weighted by atomic mass is 10.2. The zero-order valence-corrected chi connectivity index (χ0v) is 9.11. The van der Waals surface area contributed by atoms with Gasteiger partial charge in [0, 0.05) is 11.5 Å². The molecule has 0 amide bonds. The van der Waals surface area contributed by atoms with Crippen molar-refractivity contribution in [2.24, 2.45) is 0 Å². The van der Waals surface area contributed by atoms with Crippen molar-refractivity contribution in [2.45, 2.75) is 6.54 Å². The van der Waals surface area contributed by atoms with E-state index in [-0.39, 0.29) is 29.9 Å². The fourth-order valence-corrected chi connectivity index (χ4v) is 1.65. The third kappa shape index (κ3) is 1.89. The van der Waals surface area contributed by atoms with E-state index in [0.29, 0.717) is 0 Å². The van der Waals surface area contributed by atoms with Crippen molar-refractivity contribution >= 4 is 16.7 Å². The molecule has 2 aromatic rings. The molecule has 0 radical (unpaired) electrons. The topological polar surface area (TPSA) is 118 Å². The van der Waals surface area contributed by atoms with E-state index >= 15 is 0 Å². The van der Waals surface area contributed by atoms with Gasteiger partial charge in [-0.05, 0) is 6.07 Å². The zero-order valence-electron chi connectivity index (χ0n) is 9.11. The van der Waals surface area contributed by atoms with E-state index in [1.165, 1.54) is 6.07 Å². The molecule has 0 saturated carbocycles. The minimum Gasteiger partial charge on any atom is -0.503 e. The Bertz CT molecular complexity index is 679. The van der Waals surface area contributed by atoms with E-state index in [1.54, 1.807) is 0 Å². The Morgan fingerprint density at radius 2 is 2.17 bits per heavy atom. The van der Waals surface area contributed by atoms with E-state index in [2.05, 4.69) is 4.98 Å². The molecule has 0 aromatic carbocycles. The molecule has 0 saturated heterocycles. The van der Waals surface area contributed by atoms with Gasteiger partial charge in [0.05, 0.1) is 18.1 Å². The molecule has 8 heteroatoms. The third-order valence-corrected chi connectivity index (χ3v) is 2.43. The maximum absolute atomic E-state index is 11.6. The second kappa shape index (κ2) is 4.41. The summed E-state index contributed by atoms with van der Waals surface area (Å²) in [6, 6.07) is 2.32. The standard InChI is InChI=1S/C10H9N3O5/c14-2-1-12-9-6(4-8(15)10(12)16)3-7(5-11-9)13(17)18/h3-5,14-15H,1-2H2. The van der Waals surface area contributed by atoms with Crippen molar-refractivity contribution in [3.63, 3.8) is 0 Å². The summed E-state index contributed by atoms with van der Waals surface area (Å²) < 4.78 is 1.06. The summed E-state index contributed by atoms with van der Waals surface area (Å²) in [6.07, 6.45) is 1.02. The Labute approximate surface area is 99.9 Å². The highest BCUT2D eigenvalue weighted by molar-refractivity contribution is 5.78. The second-order valence-electron chi connectivity index (χ2n) is 3.57. The molecule has 0 bridgehead atoms. The predicted octanol–water partition coefficient (Wildman–Crippen LogP) is 0.00260. The van der Waals surface area contributed by atoms with Crippen LogP contribution in [0.3, 0.4) is 0 Å². The van der Waals surface area contributed by atoms with E-state index < -0.39 is 16.2 Å². The minimum absolute atomic E-state index is 0.0471. The highest BCUT2D eigenvalue weighted by Crippen LogP contribution is 2.19. The fraction of sp³-hybridized carbons (Fsp3) is 0.200. The minimum atomic E-state index is -0.696. The predicted molar refractivity (Wildman–Crippen MR) is 61.4 cm³/mol. The summed E-state index contributed by atoms with van der Waals surface area (Å²) >= 11 is 0. The number of hydrogen-bond donors (Lipinski definition) is 2. The Morgan fingerprint density at radius 1 is 1.44 bits per heavy atom. The molecular weight excluding hydrogens is 242 g/mol. The number of nitro groups is 1. The second-order valence-corrected chi connectivity index (χ2v) is 3.57. The van der Waals surface area contributed by atoms with Crippen LogP contribution in [0, 0.1) is 10.1 Å². The molecule has 0 unspecified atom stereocenters. The smallest absolute Gasteiger partial charge is 0.294 e. The zero-order chi connectivity index (χ0) is 13.3. The maximum Gasteiger partial charge on any atom is 0.294 e. The van der Waals surface area contributed by atoms with Crippen LogP contribution in [-0.4, -0.2) is 31.3 Å². The molecule has 2 aromatic heterocycles. The van der Waals surface area contributed by atoms with Gasteiger partial charge < -0.3 is 10.2 Å². The van der Waals surface area contributed by atoms with Crippen LogP contribution in [0.1, 0.15) is 0 Å².